The Morgan fingerprint density at radius 3 is 2.50 bits per heavy atom. The molecule has 1 nitrogen and oxygen atoms in total. The lowest BCUT2D eigenvalue weighted by Gasteiger charge is -2.10. The Bertz CT molecular complexity index is 534. The van der Waals surface area contributed by atoms with Crippen LogP contribution in [0.3, 0.4) is 0 Å². The van der Waals surface area contributed by atoms with Crippen molar-refractivity contribution in [1.29, 1.82) is 0 Å². The number of nitrogens with one attached hydrogen (secondary N) is 1. The molecule has 0 spiro atoms. The molecule has 16 heavy (non-hydrogen) atoms. The van der Waals surface area contributed by atoms with E-state index in [0.29, 0.717) is 0 Å². The molecule has 0 amide bonds. The van der Waals surface area contributed by atoms with Crippen molar-refractivity contribution in [3.05, 3.63) is 51.9 Å². The molecule has 0 aromatic heterocycles. The first-order chi connectivity index (χ1) is 7.68. The maximum absolute atomic E-state index is 3.81. The molecule has 82 valence electrons. The van der Waals surface area contributed by atoms with Crippen molar-refractivity contribution in [1.82, 2.24) is 0 Å². The van der Waals surface area contributed by atoms with Gasteiger partial charge in [0.2, 0.25) is 0 Å². The zero-order valence-corrected chi connectivity index (χ0v) is 11.8. The average Bonchev–Trinajstić information content (AvgIpc) is 2.28. The maximum Gasteiger partial charge on any atom is 0.0460 e. The van der Waals surface area contributed by atoms with Crippen molar-refractivity contribution in [2.75, 3.05) is 11.9 Å². The van der Waals surface area contributed by atoms with E-state index in [0.717, 1.165) is 21.2 Å². The molecule has 0 atom stereocenters. The molecule has 0 saturated carbocycles. The lowest BCUT2D eigenvalue weighted by molar-refractivity contribution is 1.34. The van der Waals surface area contributed by atoms with Crippen LogP contribution in [-0.4, -0.2) is 6.54 Å². The van der Waals surface area contributed by atoms with Crippen LogP contribution in [0, 0.1) is 0 Å². The third kappa shape index (κ3) is 2.47. The van der Waals surface area contributed by atoms with Crippen LogP contribution >= 0.6 is 31.9 Å². The Kier molecular flexibility index (Phi) is 3.66. The van der Waals surface area contributed by atoms with Crippen molar-refractivity contribution >= 4 is 48.3 Å². The molecule has 2 aromatic carbocycles. The van der Waals surface area contributed by atoms with E-state index < -0.39 is 0 Å². The monoisotopic (exact) mass is 339 g/mol. The first-order valence-corrected chi connectivity index (χ1v) is 6.51. The zero-order chi connectivity index (χ0) is 11.5. The summed E-state index contributed by atoms with van der Waals surface area (Å²) in [7, 11) is 0. The summed E-state index contributed by atoms with van der Waals surface area (Å²) in [5.74, 6) is 0. The van der Waals surface area contributed by atoms with Crippen molar-refractivity contribution in [2.24, 2.45) is 0 Å². The fourth-order valence-electron chi connectivity index (χ4n) is 1.61. The Morgan fingerprint density at radius 1 is 1.12 bits per heavy atom. The van der Waals surface area contributed by atoms with Crippen LogP contribution in [0.5, 0.6) is 0 Å². The number of halogens is 2. The second-order valence-electron chi connectivity index (χ2n) is 3.51. The van der Waals surface area contributed by atoms with Gasteiger partial charge in [0, 0.05) is 26.6 Å². The van der Waals surface area contributed by atoms with E-state index >= 15 is 0 Å². The number of rotatable bonds is 3. The van der Waals surface area contributed by atoms with E-state index in [9.17, 15) is 0 Å². The topological polar surface area (TPSA) is 12.0 Å². The van der Waals surface area contributed by atoms with Gasteiger partial charge in [-0.2, -0.15) is 0 Å². The number of anilines is 1. The zero-order valence-electron chi connectivity index (χ0n) is 8.63. The molecule has 0 aliphatic heterocycles. The van der Waals surface area contributed by atoms with Crippen LogP contribution in [0.25, 0.3) is 10.8 Å². The van der Waals surface area contributed by atoms with E-state index in [2.05, 4.69) is 68.0 Å². The van der Waals surface area contributed by atoms with E-state index in [1.165, 1.54) is 10.8 Å². The van der Waals surface area contributed by atoms with Gasteiger partial charge >= 0.3 is 0 Å². The quantitative estimate of drug-likeness (QED) is 0.835. The number of hydrogen-bond acceptors (Lipinski definition) is 1. The largest absolute Gasteiger partial charge is 0.380 e. The average molecular weight is 341 g/mol. The molecule has 0 heterocycles. The Hall–Kier alpha value is -0.800. The molecule has 2 aromatic rings. The summed E-state index contributed by atoms with van der Waals surface area (Å²) in [6, 6.07) is 12.4. The predicted molar refractivity (Wildman–Crippen MR) is 78.2 cm³/mol. The first-order valence-electron chi connectivity index (χ1n) is 4.93. The van der Waals surface area contributed by atoms with E-state index in [4.69, 9.17) is 0 Å². The lowest BCUT2D eigenvalue weighted by Crippen LogP contribution is -2.00. The molecule has 0 unspecified atom stereocenters. The summed E-state index contributed by atoms with van der Waals surface area (Å²) < 4.78 is 2.06. The normalized spacial score (nSPS) is 10.4. The highest BCUT2D eigenvalue weighted by Crippen LogP contribution is 2.30. The van der Waals surface area contributed by atoms with Gasteiger partial charge in [-0.25, -0.2) is 0 Å². The minimum absolute atomic E-state index is 0.728. The van der Waals surface area contributed by atoms with E-state index in [-0.39, 0.29) is 0 Å². The fourth-order valence-corrected chi connectivity index (χ4v) is 2.23. The van der Waals surface area contributed by atoms with Crippen molar-refractivity contribution in [3.8, 4) is 0 Å². The summed E-state index contributed by atoms with van der Waals surface area (Å²) in [6.45, 7) is 4.54. The van der Waals surface area contributed by atoms with Gasteiger partial charge in [-0.05, 0) is 17.5 Å². The van der Waals surface area contributed by atoms with E-state index in [1.54, 1.807) is 0 Å². The summed E-state index contributed by atoms with van der Waals surface area (Å²) in [6.07, 6.45) is 0. The standard InChI is InChI=1S/C13H11Br2N/c1-9(14)8-16-13-7-6-12(15)10-4-2-3-5-11(10)13/h2-7,16H,1,8H2. The molecule has 1 N–H and O–H groups in total. The Balaban J connectivity index is 2.46. The molecule has 0 radical (unpaired) electrons. The summed E-state index contributed by atoms with van der Waals surface area (Å²) in [5, 5.41) is 5.78. The predicted octanol–water partition coefficient (Wildman–Crippen LogP) is 4.92. The smallest absolute Gasteiger partial charge is 0.0460 e. The second-order valence-corrected chi connectivity index (χ2v) is 5.49. The van der Waals surface area contributed by atoms with Crippen LogP contribution in [0.15, 0.2) is 51.9 Å². The van der Waals surface area contributed by atoms with Gasteiger partial charge in [-0.15, -0.1) is 0 Å². The van der Waals surface area contributed by atoms with Gasteiger partial charge in [0.05, 0.1) is 0 Å². The van der Waals surface area contributed by atoms with Crippen LogP contribution in [0.1, 0.15) is 0 Å². The maximum atomic E-state index is 3.81. The SMILES string of the molecule is C=C(Br)CNc1ccc(Br)c2ccccc12. The Labute approximate surface area is 112 Å². The fraction of sp³-hybridized carbons (Fsp3) is 0.0769. The summed E-state index contributed by atoms with van der Waals surface area (Å²) >= 11 is 6.90. The first kappa shape index (κ1) is 11.7. The van der Waals surface area contributed by atoms with Gasteiger partial charge in [0.1, 0.15) is 0 Å². The highest BCUT2D eigenvalue weighted by atomic mass is 79.9. The second kappa shape index (κ2) is 5.02. The molecular weight excluding hydrogens is 330 g/mol. The van der Waals surface area contributed by atoms with Gasteiger partial charge < -0.3 is 5.32 Å². The Morgan fingerprint density at radius 2 is 1.81 bits per heavy atom. The molecule has 0 saturated heterocycles. The minimum Gasteiger partial charge on any atom is -0.380 e. The van der Waals surface area contributed by atoms with Gasteiger partial charge in [-0.3, -0.25) is 0 Å². The van der Waals surface area contributed by atoms with Crippen LogP contribution in [0.4, 0.5) is 5.69 Å². The van der Waals surface area contributed by atoms with E-state index in [1.807, 2.05) is 12.1 Å². The molecule has 3 heteroatoms. The van der Waals surface area contributed by atoms with Crippen LogP contribution in [-0.2, 0) is 0 Å². The molecule has 0 aliphatic carbocycles. The number of benzene rings is 2. The summed E-state index contributed by atoms with van der Waals surface area (Å²) in [4.78, 5) is 0. The molecular formula is C13H11Br2N. The van der Waals surface area contributed by atoms with Gasteiger partial charge in [0.15, 0.2) is 0 Å². The van der Waals surface area contributed by atoms with Crippen molar-refractivity contribution < 1.29 is 0 Å². The van der Waals surface area contributed by atoms with Crippen LogP contribution < -0.4 is 5.32 Å². The number of hydrogen-bond donors (Lipinski definition) is 1. The van der Waals surface area contributed by atoms with Crippen molar-refractivity contribution in [3.63, 3.8) is 0 Å². The summed E-state index contributed by atoms with van der Waals surface area (Å²) in [5.41, 5.74) is 1.12. The minimum atomic E-state index is 0.728. The third-order valence-electron chi connectivity index (χ3n) is 2.34. The number of fused-ring (bicyclic) bond motifs is 1. The lowest BCUT2D eigenvalue weighted by atomic mass is 10.1. The van der Waals surface area contributed by atoms with Crippen LogP contribution in [0.2, 0.25) is 0 Å². The van der Waals surface area contributed by atoms with Gasteiger partial charge in [0.25, 0.3) is 0 Å². The molecule has 0 fully saturated rings. The third-order valence-corrected chi connectivity index (χ3v) is 3.31. The van der Waals surface area contributed by atoms with Gasteiger partial charge in [-0.1, -0.05) is 62.7 Å². The highest BCUT2D eigenvalue weighted by Gasteiger charge is 2.03. The molecule has 2 rings (SSSR count). The highest BCUT2D eigenvalue weighted by molar-refractivity contribution is 9.11. The van der Waals surface area contributed by atoms with Crippen molar-refractivity contribution in [2.45, 2.75) is 0 Å². The molecule has 0 bridgehead atoms. The molecule has 0 aliphatic rings.